The minimum Gasteiger partial charge on any atom is -0.465 e. The molecule has 1 saturated carbocycles. The van der Waals surface area contributed by atoms with E-state index in [1.165, 1.54) is 25.7 Å². The summed E-state index contributed by atoms with van der Waals surface area (Å²) in [5, 5.41) is 0. The lowest BCUT2D eigenvalue weighted by molar-refractivity contribution is -0.145. The van der Waals surface area contributed by atoms with Crippen molar-refractivity contribution in [3.05, 3.63) is 0 Å². The van der Waals surface area contributed by atoms with Gasteiger partial charge < -0.3 is 10.5 Å². The highest BCUT2D eigenvalue weighted by atomic mass is 16.5. The van der Waals surface area contributed by atoms with Crippen LogP contribution in [0.2, 0.25) is 0 Å². The molecule has 0 heterocycles. The molecule has 0 spiro atoms. The Hall–Kier alpha value is -0.610. The number of nitrogens with two attached hydrogens (primary N) is 1. The molecule has 1 aliphatic rings. The fraction of sp³-hybridized carbons (Fsp3) is 0.938. The molecule has 118 valence electrons. The fourth-order valence-electron chi connectivity index (χ4n) is 3.41. The van der Waals surface area contributed by atoms with Crippen LogP contribution in [0.25, 0.3) is 0 Å². The average Bonchev–Trinajstić information content (AvgIpc) is 2.46. The molecule has 1 rings (SSSR count). The van der Waals surface area contributed by atoms with Gasteiger partial charge in [-0.3, -0.25) is 9.69 Å². The quantitative estimate of drug-likeness (QED) is 0.695. The second-order valence-corrected chi connectivity index (χ2v) is 5.93. The van der Waals surface area contributed by atoms with Crippen molar-refractivity contribution < 1.29 is 9.53 Å². The fourth-order valence-corrected chi connectivity index (χ4v) is 3.41. The topological polar surface area (TPSA) is 55.6 Å². The Labute approximate surface area is 124 Å². The van der Waals surface area contributed by atoms with E-state index in [1.807, 2.05) is 6.92 Å². The molecule has 0 amide bonds. The first-order valence-corrected chi connectivity index (χ1v) is 8.25. The summed E-state index contributed by atoms with van der Waals surface area (Å²) in [7, 11) is 0. The molecule has 20 heavy (non-hydrogen) atoms. The maximum atomic E-state index is 11.8. The van der Waals surface area contributed by atoms with Gasteiger partial charge in [0.25, 0.3) is 0 Å². The SMILES string of the molecule is CCCN(CC(=O)OCC)C1CC(CC)CCC1CN. The van der Waals surface area contributed by atoms with Gasteiger partial charge >= 0.3 is 5.97 Å². The van der Waals surface area contributed by atoms with E-state index in [9.17, 15) is 4.79 Å². The third kappa shape index (κ3) is 5.06. The maximum Gasteiger partial charge on any atom is 0.320 e. The number of hydrogen-bond donors (Lipinski definition) is 1. The Bertz CT molecular complexity index is 284. The number of carbonyl (C=O) groups is 1. The van der Waals surface area contributed by atoms with Gasteiger partial charge in [-0.05, 0) is 51.1 Å². The number of hydrogen-bond acceptors (Lipinski definition) is 4. The molecule has 4 heteroatoms. The van der Waals surface area contributed by atoms with Gasteiger partial charge in [0.15, 0.2) is 0 Å². The van der Waals surface area contributed by atoms with E-state index in [4.69, 9.17) is 10.5 Å². The zero-order valence-corrected chi connectivity index (χ0v) is 13.4. The second-order valence-electron chi connectivity index (χ2n) is 5.93. The van der Waals surface area contributed by atoms with Crippen LogP contribution in [-0.4, -0.2) is 43.2 Å². The summed E-state index contributed by atoms with van der Waals surface area (Å²) >= 11 is 0. The molecule has 0 aromatic rings. The lowest BCUT2D eigenvalue weighted by atomic mass is 9.76. The van der Waals surface area contributed by atoms with Crippen molar-refractivity contribution in [2.75, 3.05) is 26.2 Å². The van der Waals surface area contributed by atoms with Crippen LogP contribution in [0, 0.1) is 11.8 Å². The molecule has 0 aromatic heterocycles. The Morgan fingerprint density at radius 1 is 1.30 bits per heavy atom. The first-order chi connectivity index (χ1) is 9.65. The van der Waals surface area contributed by atoms with Crippen LogP contribution >= 0.6 is 0 Å². The third-order valence-electron chi connectivity index (χ3n) is 4.56. The molecule has 0 saturated heterocycles. The highest BCUT2D eigenvalue weighted by molar-refractivity contribution is 5.71. The summed E-state index contributed by atoms with van der Waals surface area (Å²) in [6, 6.07) is 0.447. The minimum atomic E-state index is -0.102. The first-order valence-electron chi connectivity index (χ1n) is 8.25. The molecule has 0 bridgehead atoms. The van der Waals surface area contributed by atoms with E-state index in [1.54, 1.807) is 0 Å². The number of ether oxygens (including phenoxy) is 1. The normalized spacial score (nSPS) is 26.8. The Balaban J connectivity index is 2.71. The maximum absolute atomic E-state index is 11.8. The van der Waals surface area contributed by atoms with Crippen molar-refractivity contribution in [3.8, 4) is 0 Å². The van der Waals surface area contributed by atoms with Gasteiger partial charge in [-0.25, -0.2) is 0 Å². The molecule has 1 fully saturated rings. The van der Waals surface area contributed by atoms with E-state index in [2.05, 4.69) is 18.7 Å². The van der Waals surface area contributed by atoms with E-state index < -0.39 is 0 Å². The van der Waals surface area contributed by atoms with Gasteiger partial charge in [0.2, 0.25) is 0 Å². The molecule has 0 aliphatic heterocycles. The molecule has 0 aromatic carbocycles. The van der Waals surface area contributed by atoms with Crippen molar-refractivity contribution in [2.24, 2.45) is 17.6 Å². The van der Waals surface area contributed by atoms with E-state index in [-0.39, 0.29) is 5.97 Å². The zero-order valence-electron chi connectivity index (χ0n) is 13.4. The van der Waals surface area contributed by atoms with Gasteiger partial charge in [-0.2, -0.15) is 0 Å². The van der Waals surface area contributed by atoms with Crippen molar-refractivity contribution in [1.82, 2.24) is 4.90 Å². The highest BCUT2D eigenvalue weighted by Crippen LogP contribution is 2.33. The summed E-state index contributed by atoms with van der Waals surface area (Å²) in [4.78, 5) is 14.1. The van der Waals surface area contributed by atoms with Gasteiger partial charge in [0, 0.05) is 6.04 Å². The van der Waals surface area contributed by atoms with Gasteiger partial charge in [-0.1, -0.05) is 26.7 Å². The largest absolute Gasteiger partial charge is 0.465 e. The predicted octanol–water partition coefficient (Wildman–Crippen LogP) is 2.42. The van der Waals surface area contributed by atoms with Crippen LogP contribution in [-0.2, 0) is 9.53 Å². The number of carbonyl (C=O) groups excluding carboxylic acids is 1. The predicted molar refractivity (Wildman–Crippen MR) is 82.5 cm³/mol. The number of rotatable bonds is 8. The van der Waals surface area contributed by atoms with Crippen LogP contribution in [0.5, 0.6) is 0 Å². The standard InChI is InChI=1S/C16H32N2O2/c1-4-9-18(12-16(19)20-6-3)15-10-13(5-2)7-8-14(15)11-17/h13-15H,4-12,17H2,1-3H3. The zero-order chi connectivity index (χ0) is 15.0. The molecule has 3 atom stereocenters. The Kier molecular flexibility index (Phi) is 8.15. The van der Waals surface area contributed by atoms with Crippen LogP contribution in [0.15, 0.2) is 0 Å². The molecular formula is C16H32N2O2. The lowest BCUT2D eigenvalue weighted by Crippen LogP contribution is -2.49. The second kappa shape index (κ2) is 9.35. The van der Waals surface area contributed by atoms with Crippen LogP contribution < -0.4 is 5.73 Å². The summed E-state index contributed by atoms with van der Waals surface area (Å²) in [6.07, 6.45) is 5.95. The molecule has 3 unspecified atom stereocenters. The average molecular weight is 284 g/mol. The molecule has 2 N–H and O–H groups in total. The Morgan fingerprint density at radius 3 is 2.60 bits per heavy atom. The minimum absolute atomic E-state index is 0.102. The summed E-state index contributed by atoms with van der Waals surface area (Å²) in [6.45, 7) is 8.84. The monoisotopic (exact) mass is 284 g/mol. The van der Waals surface area contributed by atoms with Gasteiger partial charge in [-0.15, -0.1) is 0 Å². The lowest BCUT2D eigenvalue weighted by Gasteiger charge is -2.42. The van der Waals surface area contributed by atoms with E-state index in [0.29, 0.717) is 25.1 Å². The number of esters is 1. The molecule has 0 radical (unpaired) electrons. The number of nitrogens with zero attached hydrogens (tertiary/aromatic N) is 1. The van der Waals surface area contributed by atoms with E-state index >= 15 is 0 Å². The van der Waals surface area contributed by atoms with Crippen LogP contribution in [0.3, 0.4) is 0 Å². The highest BCUT2D eigenvalue weighted by Gasteiger charge is 2.33. The van der Waals surface area contributed by atoms with Gasteiger partial charge in [0.05, 0.1) is 13.2 Å². The van der Waals surface area contributed by atoms with Crippen molar-refractivity contribution in [2.45, 2.75) is 58.9 Å². The van der Waals surface area contributed by atoms with Crippen molar-refractivity contribution in [1.29, 1.82) is 0 Å². The van der Waals surface area contributed by atoms with Gasteiger partial charge in [0.1, 0.15) is 0 Å². The molecule has 1 aliphatic carbocycles. The van der Waals surface area contributed by atoms with E-state index in [0.717, 1.165) is 25.4 Å². The van der Waals surface area contributed by atoms with Crippen molar-refractivity contribution in [3.63, 3.8) is 0 Å². The van der Waals surface area contributed by atoms with Crippen LogP contribution in [0.1, 0.15) is 52.9 Å². The van der Waals surface area contributed by atoms with Crippen molar-refractivity contribution >= 4 is 5.97 Å². The molecule has 4 nitrogen and oxygen atoms in total. The molecular weight excluding hydrogens is 252 g/mol. The third-order valence-corrected chi connectivity index (χ3v) is 4.56. The Morgan fingerprint density at radius 2 is 2.05 bits per heavy atom. The summed E-state index contributed by atoms with van der Waals surface area (Å²) < 4.78 is 5.12. The first kappa shape index (κ1) is 17.4. The summed E-state index contributed by atoms with van der Waals surface area (Å²) in [5.41, 5.74) is 5.96. The summed E-state index contributed by atoms with van der Waals surface area (Å²) in [5.74, 6) is 1.21. The smallest absolute Gasteiger partial charge is 0.320 e. The van der Waals surface area contributed by atoms with Crippen LogP contribution in [0.4, 0.5) is 0 Å².